The van der Waals surface area contributed by atoms with Crippen molar-refractivity contribution < 1.29 is 4.39 Å². The van der Waals surface area contributed by atoms with E-state index in [0.29, 0.717) is 0 Å². The van der Waals surface area contributed by atoms with E-state index < -0.39 is 0 Å². The highest BCUT2D eigenvalue weighted by Gasteiger charge is 2.14. The van der Waals surface area contributed by atoms with Crippen molar-refractivity contribution in [2.45, 2.75) is 25.2 Å². The first-order valence-electron chi connectivity index (χ1n) is 8.37. The minimum Gasteiger partial charge on any atom is -0.317 e. The number of rotatable bonds is 7. The second-order valence-electron chi connectivity index (χ2n) is 6.05. The Kier molecular flexibility index (Phi) is 5.30. The monoisotopic (exact) mass is 358 g/mol. The van der Waals surface area contributed by atoms with E-state index in [9.17, 15) is 4.39 Å². The molecule has 4 nitrogen and oxygen atoms in total. The number of aromatic nitrogens is 3. The van der Waals surface area contributed by atoms with Gasteiger partial charge in [0.25, 0.3) is 0 Å². The predicted octanol–water partition coefficient (Wildman–Crippen LogP) is 4.39. The van der Waals surface area contributed by atoms with Crippen LogP contribution in [0.3, 0.4) is 0 Å². The molecule has 0 bridgehead atoms. The first-order valence-corrected chi connectivity index (χ1v) is 9.15. The molecular weight excluding hydrogens is 335 g/mol. The number of fused-ring (bicyclic) bond motifs is 1. The third-order valence-corrected chi connectivity index (χ3v) is 5.45. The minimum atomic E-state index is -0.228. The summed E-state index contributed by atoms with van der Waals surface area (Å²) in [7, 11) is 1.93. The molecule has 0 radical (unpaired) electrons. The van der Waals surface area contributed by atoms with Gasteiger partial charge in [0.1, 0.15) is 5.82 Å². The van der Waals surface area contributed by atoms with Crippen molar-refractivity contribution in [2.75, 3.05) is 13.1 Å². The molecule has 25 heavy (non-hydrogen) atoms. The zero-order chi connectivity index (χ0) is 18.0. The Morgan fingerprint density at radius 1 is 1.40 bits per heavy atom. The number of hydrogen-bond acceptors (Lipinski definition) is 3. The van der Waals surface area contributed by atoms with Crippen molar-refractivity contribution in [1.29, 1.82) is 0 Å². The van der Waals surface area contributed by atoms with E-state index in [-0.39, 0.29) is 5.82 Å². The standard InChI is InChI=1S/C19H23FN4S/c1-5-21-9-8-13(2)17-12-24(18-7-6-15(20)10-16(17)18)25-19-11-22-23(4)14(19)3/h6-7,10-12,21H,2,5,8-9H2,1,3-4H3. The fraction of sp³-hybridized carbons (Fsp3) is 0.316. The summed E-state index contributed by atoms with van der Waals surface area (Å²) in [5, 5.41) is 8.50. The van der Waals surface area contributed by atoms with Gasteiger partial charge in [-0.3, -0.25) is 8.65 Å². The Morgan fingerprint density at radius 2 is 2.20 bits per heavy atom. The molecule has 0 atom stereocenters. The highest BCUT2D eigenvalue weighted by Crippen LogP contribution is 2.34. The van der Waals surface area contributed by atoms with Gasteiger partial charge in [-0.05, 0) is 62.2 Å². The van der Waals surface area contributed by atoms with Crippen molar-refractivity contribution in [3.8, 4) is 0 Å². The van der Waals surface area contributed by atoms with Crippen LogP contribution in [-0.4, -0.2) is 26.8 Å². The van der Waals surface area contributed by atoms with Gasteiger partial charge in [0.05, 0.1) is 22.3 Å². The number of halogens is 1. The van der Waals surface area contributed by atoms with Gasteiger partial charge in [-0.2, -0.15) is 5.10 Å². The third kappa shape index (κ3) is 3.65. The Balaban J connectivity index is 1.99. The van der Waals surface area contributed by atoms with Gasteiger partial charge in [0.2, 0.25) is 0 Å². The fourth-order valence-corrected chi connectivity index (χ4v) is 3.74. The summed E-state index contributed by atoms with van der Waals surface area (Å²) in [5.74, 6) is -0.228. The molecule has 3 aromatic rings. The molecule has 1 N–H and O–H groups in total. The van der Waals surface area contributed by atoms with Crippen LogP contribution >= 0.6 is 11.9 Å². The van der Waals surface area contributed by atoms with Crippen molar-refractivity contribution >= 4 is 28.4 Å². The molecule has 3 rings (SSSR count). The summed E-state index contributed by atoms with van der Waals surface area (Å²) >= 11 is 1.59. The van der Waals surface area contributed by atoms with Crippen LogP contribution in [0.4, 0.5) is 4.39 Å². The molecule has 0 unspecified atom stereocenters. The second-order valence-corrected chi connectivity index (χ2v) is 7.06. The van der Waals surface area contributed by atoms with Gasteiger partial charge in [-0.25, -0.2) is 4.39 Å². The van der Waals surface area contributed by atoms with Crippen LogP contribution in [0.5, 0.6) is 0 Å². The quantitative estimate of drug-likeness (QED) is 0.636. The Morgan fingerprint density at radius 3 is 2.88 bits per heavy atom. The molecule has 0 saturated heterocycles. The summed E-state index contributed by atoms with van der Waals surface area (Å²) in [4.78, 5) is 1.08. The van der Waals surface area contributed by atoms with Gasteiger partial charge in [-0.1, -0.05) is 13.5 Å². The zero-order valence-corrected chi connectivity index (χ0v) is 15.7. The molecule has 0 aliphatic heterocycles. The maximum Gasteiger partial charge on any atom is 0.123 e. The van der Waals surface area contributed by atoms with Gasteiger partial charge in [0, 0.05) is 24.2 Å². The number of benzene rings is 1. The molecule has 1 aromatic carbocycles. The topological polar surface area (TPSA) is 34.8 Å². The summed E-state index contributed by atoms with van der Waals surface area (Å²) in [6.07, 6.45) is 4.74. The van der Waals surface area contributed by atoms with Crippen molar-refractivity contribution in [2.24, 2.45) is 7.05 Å². The highest BCUT2D eigenvalue weighted by molar-refractivity contribution is 7.98. The van der Waals surface area contributed by atoms with Crippen LogP contribution in [0.2, 0.25) is 0 Å². The van der Waals surface area contributed by atoms with Gasteiger partial charge in [0.15, 0.2) is 0 Å². The lowest BCUT2D eigenvalue weighted by molar-refractivity contribution is 0.629. The van der Waals surface area contributed by atoms with Crippen LogP contribution in [-0.2, 0) is 7.05 Å². The molecular formula is C19H23FN4S. The van der Waals surface area contributed by atoms with E-state index in [0.717, 1.165) is 52.1 Å². The van der Waals surface area contributed by atoms with Crippen LogP contribution in [0.1, 0.15) is 24.6 Å². The van der Waals surface area contributed by atoms with Gasteiger partial charge in [-0.15, -0.1) is 0 Å². The molecule has 0 fully saturated rings. The van der Waals surface area contributed by atoms with Gasteiger partial charge >= 0.3 is 0 Å². The molecule has 0 spiro atoms. The highest BCUT2D eigenvalue weighted by atomic mass is 32.2. The van der Waals surface area contributed by atoms with Crippen molar-refractivity contribution in [3.63, 3.8) is 0 Å². The van der Waals surface area contributed by atoms with Crippen LogP contribution in [0, 0.1) is 12.7 Å². The number of aryl methyl sites for hydroxylation is 1. The molecule has 132 valence electrons. The van der Waals surface area contributed by atoms with E-state index >= 15 is 0 Å². The molecule has 6 heteroatoms. The first-order chi connectivity index (χ1) is 12.0. The van der Waals surface area contributed by atoms with E-state index in [1.54, 1.807) is 18.0 Å². The minimum absolute atomic E-state index is 0.228. The largest absolute Gasteiger partial charge is 0.317 e. The Hall–Kier alpha value is -2.05. The first kappa shape index (κ1) is 17.8. The maximum atomic E-state index is 13.8. The molecule has 0 aliphatic carbocycles. The van der Waals surface area contributed by atoms with Gasteiger partial charge < -0.3 is 5.32 Å². The van der Waals surface area contributed by atoms with E-state index in [1.165, 1.54) is 6.07 Å². The molecule has 0 aliphatic rings. The maximum absolute atomic E-state index is 13.8. The Labute approximate surface area is 151 Å². The van der Waals surface area contributed by atoms with Crippen molar-refractivity contribution in [3.05, 3.63) is 54.2 Å². The number of nitrogens with one attached hydrogen (secondary N) is 1. The van der Waals surface area contributed by atoms with Crippen LogP contribution in [0.25, 0.3) is 16.5 Å². The average Bonchev–Trinajstić information content (AvgIpc) is 3.10. The van der Waals surface area contributed by atoms with Crippen LogP contribution in [0.15, 0.2) is 42.1 Å². The smallest absolute Gasteiger partial charge is 0.123 e. The number of hydrogen-bond donors (Lipinski definition) is 1. The normalized spacial score (nSPS) is 11.4. The number of nitrogens with zero attached hydrogens (tertiary/aromatic N) is 3. The lowest BCUT2D eigenvalue weighted by Crippen LogP contribution is -2.14. The Bertz CT molecular complexity index is 910. The lowest BCUT2D eigenvalue weighted by Gasteiger charge is -2.05. The molecule has 2 heterocycles. The second kappa shape index (κ2) is 7.45. The SMILES string of the molecule is C=C(CCNCC)c1cn(Sc2cnn(C)c2C)c2ccc(F)cc12. The molecule has 2 aromatic heterocycles. The molecule has 0 amide bonds. The van der Waals surface area contributed by atoms with Crippen molar-refractivity contribution in [1.82, 2.24) is 19.1 Å². The summed E-state index contributed by atoms with van der Waals surface area (Å²) in [6, 6.07) is 4.92. The summed E-state index contributed by atoms with van der Waals surface area (Å²) in [6.45, 7) is 10.1. The predicted molar refractivity (Wildman–Crippen MR) is 103 cm³/mol. The molecule has 0 saturated carbocycles. The third-order valence-electron chi connectivity index (χ3n) is 4.35. The average molecular weight is 358 g/mol. The summed E-state index contributed by atoms with van der Waals surface area (Å²) in [5.41, 5.74) is 4.09. The summed E-state index contributed by atoms with van der Waals surface area (Å²) < 4.78 is 17.7. The van der Waals surface area contributed by atoms with E-state index in [1.807, 2.05) is 30.9 Å². The zero-order valence-electron chi connectivity index (χ0n) is 14.8. The lowest BCUT2D eigenvalue weighted by atomic mass is 10.0. The van der Waals surface area contributed by atoms with E-state index in [2.05, 4.69) is 34.1 Å². The fourth-order valence-electron chi connectivity index (χ4n) is 2.75. The van der Waals surface area contributed by atoms with Crippen LogP contribution < -0.4 is 5.32 Å². The van der Waals surface area contributed by atoms with E-state index in [4.69, 9.17) is 0 Å².